The van der Waals surface area contributed by atoms with Gasteiger partial charge in [0.05, 0.1) is 16.7 Å². The summed E-state index contributed by atoms with van der Waals surface area (Å²) in [5.74, 6) is 0.522. The number of sulfonamides is 1. The molecule has 1 aromatic rings. The maximum absolute atomic E-state index is 12.1. The molecule has 0 spiro atoms. The Morgan fingerprint density at radius 2 is 2.24 bits per heavy atom. The number of nitrogens with zero attached hydrogens (tertiary/aromatic N) is 1. The standard InChI is InChI=1S/C13H16ClN3O2S.ClH/c14-12-7-11(8-15)1-2-13(12)20(18,19)17-6-4-10-3-5-16-9-10;/h1-2,7,10,16-17H,3-6,9H2;1H. The molecule has 2 N–H and O–H groups in total. The van der Waals surface area contributed by atoms with Crippen molar-refractivity contribution in [2.24, 2.45) is 5.92 Å². The van der Waals surface area contributed by atoms with E-state index in [1.54, 1.807) is 0 Å². The van der Waals surface area contributed by atoms with E-state index in [9.17, 15) is 8.42 Å². The van der Waals surface area contributed by atoms with Gasteiger partial charge >= 0.3 is 0 Å². The largest absolute Gasteiger partial charge is 0.316 e. The van der Waals surface area contributed by atoms with Gasteiger partial charge < -0.3 is 5.32 Å². The minimum absolute atomic E-state index is 0. The van der Waals surface area contributed by atoms with E-state index in [0.29, 0.717) is 18.0 Å². The van der Waals surface area contributed by atoms with Crippen molar-refractivity contribution in [3.63, 3.8) is 0 Å². The first-order chi connectivity index (χ1) is 9.53. The summed E-state index contributed by atoms with van der Waals surface area (Å²) >= 11 is 5.92. The molecule has 0 radical (unpaired) electrons. The normalized spacial score (nSPS) is 18.0. The van der Waals surface area contributed by atoms with Crippen LogP contribution in [0.5, 0.6) is 0 Å². The van der Waals surface area contributed by atoms with Gasteiger partial charge in [0, 0.05) is 6.54 Å². The van der Waals surface area contributed by atoms with Gasteiger partial charge in [-0.15, -0.1) is 12.4 Å². The smallest absolute Gasteiger partial charge is 0.242 e. The first-order valence-electron chi connectivity index (χ1n) is 6.43. The highest BCUT2D eigenvalue weighted by Crippen LogP contribution is 2.22. The number of nitrogens with one attached hydrogen (secondary N) is 2. The molecule has 1 fully saturated rings. The maximum atomic E-state index is 12.1. The van der Waals surface area contributed by atoms with E-state index in [4.69, 9.17) is 16.9 Å². The second-order valence-corrected chi connectivity index (χ2v) is 6.94. The van der Waals surface area contributed by atoms with Crippen molar-refractivity contribution in [1.82, 2.24) is 10.0 Å². The minimum Gasteiger partial charge on any atom is -0.316 e. The molecule has 1 atom stereocenters. The van der Waals surface area contributed by atoms with Crippen molar-refractivity contribution >= 4 is 34.0 Å². The quantitative estimate of drug-likeness (QED) is 0.850. The fourth-order valence-electron chi connectivity index (χ4n) is 2.22. The van der Waals surface area contributed by atoms with Crippen LogP contribution in [0.4, 0.5) is 0 Å². The number of hydrogen-bond donors (Lipinski definition) is 2. The molecule has 0 bridgehead atoms. The lowest BCUT2D eigenvalue weighted by molar-refractivity contribution is 0.519. The van der Waals surface area contributed by atoms with Gasteiger partial charge in [-0.2, -0.15) is 5.26 Å². The summed E-state index contributed by atoms with van der Waals surface area (Å²) < 4.78 is 26.8. The zero-order chi connectivity index (χ0) is 14.6. The van der Waals surface area contributed by atoms with Gasteiger partial charge in [-0.3, -0.25) is 0 Å². The van der Waals surface area contributed by atoms with Gasteiger partial charge in [0.25, 0.3) is 0 Å². The molecule has 1 aromatic carbocycles. The second-order valence-electron chi connectivity index (χ2n) is 4.80. The lowest BCUT2D eigenvalue weighted by atomic mass is 10.1. The SMILES string of the molecule is Cl.N#Cc1ccc(S(=O)(=O)NCCC2CCNC2)c(Cl)c1. The molecule has 0 amide bonds. The Hall–Kier alpha value is -0.840. The highest BCUT2D eigenvalue weighted by molar-refractivity contribution is 7.89. The van der Waals surface area contributed by atoms with Gasteiger partial charge in [-0.1, -0.05) is 11.6 Å². The minimum atomic E-state index is -3.62. The van der Waals surface area contributed by atoms with Crippen molar-refractivity contribution in [2.75, 3.05) is 19.6 Å². The molecular formula is C13H17Cl2N3O2S. The Labute approximate surface area is 136 Å². The van der Waals surface area contributed by atoms with Gasteiger partial charge in [0.1, 0.15) is 4.90 Å². The third-order valence-corrected chi connectivity index (χ3v) is 5.30. The van der Waals surface area contributed by atoms with Gasteiger partial charge in [-0.05, 0) is 50.0 Å². The van der Waals surface area contributed by atoms with Crippen molar-refractivity contribution in [3.05, 3.63) is 28.8 Å². The summed E-state index contributed by atoms with van der Waals surface area (Å²) in [6, 6.07) is 6.09. The topological polar surface area (TPSA) is 82.0 Å². The molecule has 21 heavy (non-hydrogen) atoms. The van der Waals surface area contributed by atoms with E-state index in [1.165, 1.54) is 18.2 Å². The molecule has 0 aromatic heterocycles. The summed E-state index contributed by atoms with van der Waals surface area (Å²) in [7, 11) is -3.62. The number of benzene rings is 1. The zero-order valence-corrected chi connectivity index (χ0v) is 13.7. The molecule has 5 nitrogen and oxygen atoms in total. The van der Waals surface area contributed by atoms with Crippen molar-refractivity contribution in [1.29, 1.82) is 5.26 Å². The monoisotopic (exact) mass is 349 g/mol. The molecule has 1 saturated heterocycles. The Balaban J connectivity index is 0.00000220. The Morgan fingerprint density at radius 1 is 1.48 bits per heavy atom. The molecule has 0 saturated carbocycles. The third kappa shape index (κ3) is 4.83. The molecule has 1 aliphatic heterocycles. The zero-order valence-electron chi connectivity index (χ0n) is 11.3. The van der Waals surface area contributed by atoms with Gasteiger partial charge in [0.2, 0.25) is 10.0 Å². The van der Waals surface area contributed by atoms with E-state index in [2.05, 4.69) is 10.0 Å². The van der Waals surface area contributed by atoms with Crippen LogP contribution in [-0.4, -0.2) is 28.1 Å². The maximum Gasteiger partial charge on any atom is 0.242 e. The van der Waals surface area contributed by atoms with Crippen LogP contribution in [0, 0.1) is 17.2 Å². The van der Waals surface area contributed by atoms with E-state index < -0.39 is 10.0 Å². The summed E-state index contributed by atoms with van der Waals surface area (Å²) in [4.78, 5) is 0.0164. The van der Waals surface area contributed by atoms with E-state index in [-0.39, 0.29) is 22.3 Å². The van der Waals surface area contributed by atoms with Crippen LogP contribution in [0.2, 0.25) is 5.02 Å². The Morgan fingerprint density at radius 3 is 2.81 bits per heavy atom. The highest BCUT2D eigenvalue weighted by Gasteiger charge is 2.19. The van der Waals surface area contributed by atoms with E-state index >= 15 is 0 Å². The molecule has 0 aliphatic carbocycles. The first kappa shape index (κ1) is 18.2. The second kappa shape index (κ2) is 7.97. The van der Waals surface area contributed by atoms with Crippen LogP contribution in [0.25, 0.3) is 0 Å². The number of rotatable bonds is 5. The molecule has 8 heteroatoms. The fraction of sp³-hybridized carbons (Fsp3) is 0.462. The highest BCUT2D eigenvalue weighted by atomic mass is 35.5. The van der Waals surface area contributed by atoms with Crippen molar-refractivity contribution in [2.45, 2.75) is 17.7 Å². The summed E-state index contributed by atoms with van der Waals surface area (Å²) in [6.45, 7) is 2.34. The number of hydrogen-bond acceptors (Lipinski definition) is 4. The predicted octanol–water partition coefficient (Wildman–Crippen LogP) is 1.91. The van der Waals surface area contributed by atoms with Gasteiger partial charge in [-0.25, -0.2) is 13.1 Å². The molecular weight excluding hydrogens is 333 g/mol. The number of nitriles is 1. The Kier molecular flexibility index (Phi) is 6.91. The molecule has 1 aliphatic rings. The summed E-state index contributed by atoms with van der Waals surface area (Å²) in [5, 5.41) is 12.1. The Bertz CT molecular complexity index is 623. The van der Waals surface area contributed by atoms with Crippen LogP contribution in [0.15, 0.2) is 23.1 Å². The van der Waals surface area contributed by atoms with Crippen molar-refractivity contribution in [3.8, 4) is 6.07 Å². The van der Waals surface area contributed by atoms with Crippen LogP contribution in [0.1, 0.15) is 18.4 Å². The van der Waals surface area contributed by atoms with E-state index in [1.807, 2.05) is 6.07 Å². The van der Waals surface area contributed by atoms with Crippen molar-refractivity contribution < 1.29 is 8.42 Å². The molecule has 1 unspecified atom stereocenters. The van der Waals surface area contributed by atoms with Crippen LogP contribution in [-0.2, 0) is 10.0 Å². The summed E-state index contributed by atoms with van der Waals surface area (Å²) in [5.41, 5.74) is 0.339. The van der Waals surface area contributed by atoms with Crippen LogP contribution < -0.4 is 10.0 Å². The molecule has 116 valence electrons. The lowest BCUT2D eigenvalue weighted by Crippen LogP contribution is -2.27. The summed E-state index contributed by atoms with van der Waals surface area (Å²) in [6.07, 6.45) is 1.89. The van der Waals surface area contributed by atoms with E-state index in [0.717, 1.165) is 25.9 Å². The fourth-order valence-corrected chi connectivity index (χ4v) is 3.81. The average Bonchev–Trinajstić information content (AvgIpc) is 2.91. The average molecular weight is 350 g/mol. The third-order valence-electron chi connectivity index (χ3n) is 3.36. The molecule has 2 rings (SSSR count). The number of halogens is 2. The van der Waals surface area contributed by atoms with Gasteiger partial charge in [0.15, 0.2) is 0 Å². The van der Waals surface area contributed by atoms with Crippen LogP contribution >= 0.6 is 24.0 Å². The lowest BCUT2D eigenvalue weighted by Gasteiger charge is -2.11. The molecule has 1 heterocycles. The first-order valence-corrected chi connectivity index (χ1v) is 8.29. The van der Waals surface area contributed by atoms with Crippen LogP contribution in [0.3, 0.4) is 0 Å². The predicted molar refractivity (Wildman–Crippen MR) is 84.2 cm³/mol.